The van der Waals surface area contributed by atoms with E-state index in [9.17, 15) is 9.59 Å². The van der Waals surface area contributed by atoms with Crippen LogP contribution in [0, 0.1) is 0 Å². The van der Waals surface area contributed by atoms with Crippen LogP contribution in [0.4, 0.5) is 5.69 Å². The van der Waals surface area contributed by atoms with Gasteiger partial charge in [-0.15, -0.1) is 0 Å². The van der Waals surface area contributed by atoms with E-state index in [1.165, 1.54) is 38.2 Å². The second-order valence-corrected chi connectivity index (χ2v) is 9.81. The van der Waals surface area contributed by atoms with Crippen molar-refractivity contribution in [2.45, 2.75) is 6.92 Å². The summed E-state index contributed by atoms with van der Waals surface area (Å²) in [6, 6.07) is 26.1. The molecule has 0 N–H and O–H groups in total. The molecule has 5 aromatic carbocycles. The number of anilines is 1. The molecule has 0 spiro atoms. The minimum atomic E-state index is -0.355. The number of thioether (sulfide) groups is 1. The summed E-state index contributed by atoms with van der Waals surface area (Å²) in [4.78, 5) is 32.0. The SMILES string of the molecule is CCOC(=O)CSC1=N/C(=C\c2ccc3ccc4cccc5ccc2c3c45)C(=O)N1c1ccc(OC)cc1. The number of nitrogens with zero attached hydrogens (tertiary/aromatic N) is 2. The normalized spacial score (nSPS) is 14.7. The highest BCUT2D eigenvalue weighted by atomic mass is 32.2. The molecule has 7 heteroatoms. The van der Waals surface area contributed by atoms with Gasteiger partial charge in [0.25, 0.3) is 5.91 Å². The number of esters is 1. The van der Waals surface area contributed by atoms with Gasteiger partial charge >= 0.3 is 5.97 Å². The van der Waals surface area contributed by atoms with Crippen molar-refractivity contribution in [2.24, 2.45) is 4.99 Å². The number of carbonyl (C=O) groups excluding carboxylic acids is 2. The van der Waals surface area contributed by atoms with E-state index in [0.29, 0.717) is 28.9 Å². The highest BCUT2D eigenvalue weighted by molar-refractivity contribution is 8.14. The Bertz CT molecular complexity index is 1740. The molecule has 6 rings (SSSR count). The Morgan fingerprint density at radius 1 is 0.921 bits per heavy atom. The van der Waals surface area contributed by atoms with Crippen LogP contribution in [0.3, 0.4) is 0 Å². The average Bonchev–Trinajstić information content (AvgIpc) is 3.26. The summed E-state index contributed by atoms with van der Waals surface area (Å²) in [6.07, 6.45) is 1.84. The molecule has 0 aliphatic carbocycles. The van der Waals surface area contributed by atoms with Gasteiger partial charge in [-0.1, -0.05) is 66.4 Å². The van der Waals surface area contributed by atoms with Gasteiger partial charge in [0.05, 0.1) is 25.2 Å². The number of hydrogen-bond acceptors (Lipinski definition) is 6. The zero-order chi connectivity index (χ0) is 26.2. The lowest BCUT2D eigenvalue weighted by Crippen LogP contribution is -2.30. The summed E-state index contributed by atoms with van der Waals surface area (Å²) in [5.74, 6) is 0.125. The van der Waals surface area contributed by atoms with Crippen molar-refractivity contribution in [3.05, 3.63) is 90.1 Å². The Morgan fingerprint density at radius 2 is 1.61 bits per heavy atom. The van der Waals surface area contributed by atoms with Crippen molar-refractivity contribution in [3.8, 4) is 5.75 Å². The van der Waals surface area contributed by atoms with E-state index in [-0.39, 0.29) is 17.6 Å². The molecule has 0 atom stereocenters. The Balaban J connectivity index is 1.44. The minimum absolute atomic E-state index is 0.0542. The predicted octanol–water partition coefficient (Wildman–Crippen LogP) is 6.63. The summed E-state index contributed by atoms with van der Waals surface area (Å²) < 4.78 is 10.3. The zero-order valence-electron chi connectivity index (χ0n) is 20.9. The number of ether oxygens (including phenoxy) is 2. The molecule has 1 aliphatic rings. The Hall–Kier alpha value is -4.36. The first-order valence-corrected chi connectivity index (χ1v) is 13.3. The highest BCUT2D eigenvalue weighted by Gasteiger charge is 2.32. The van der Waals surface area contributed by atoms with Crippen molar-refractivity contribution in [1.82, 2.24) is 0 Å². The summed E-state index contributed by atoms with van der Waals surface area (Å²) >= 11 is 1.18. The predicted molar refractivity (Wildman–Crippen MR) is 155 cm³/mol. The first-order valence-electron chi connectivity index (χ1n) is 12.3. The zero-order valence-corrected chi connectivity index (χ0v) is 21.7. The fourth-order valence-corrected chi connectivity index (χ4v) is 5.72. The average molecular weight is 521 g/mol. The number of amidine groups is 1. The number of methoxy groups -OCH3 is 1. The molecule has 0 radical (unpaired) electrons. The summed E-state index contributed by atoms with van der Waals surface area (Å²) in [5.41, 5.74) is 1.86. The lowest BCUT2D eigenvalue weighted by atomic mass is 9.92. The lowest BCUT2D eigenvalue weighted by Gasteiger charge is -2.18. The molecule has 5 aromatic rings. The molecule has 6 nitrogen and oxygen atoms in total. The van der Waals surface area contributed by atoms with Crippen molar-refractivity contribution >= 4 is 72.9 Å². The maximum absolute atomic E-state index is 13.7. The van der Waals surface area contributed by atoms with Crippen LogP contribution in [-0.2, 0) is 14.3 Å². The van der Waals surface area contributed by atoms with Crippen LogP contribution < -0.4 is 9.64 Å². The monoisotopic (exact) mass is 520 g/mol. The summed E-state index contributed by atoms with van der Waals surface area (Å²) in [5, 5.41) is 7.40. The molecule has 0 bridgehead atoms. The number of benzene rings is 5. The van der Waals surface area contributed by atoms with Crippen molar-refractivity contribution in [3.63, 3.8) is 0 Å². The summed E-state index contributed by atoms with van der Waals surface area (Å²) in [6.45, 7) is 2.06. The molecule has 0 saturated carbocycles. The maximum atomic E-state index is 13.7. The fraction of sp³-hybridized carbons (Fsp3) is 0.129. The van der Waals surface area contributed by atoms with Crippen LogP contribution in [0.15, 0.2) is 89.6 Å². The van der Waals surface area contributed by atoms with Gasteiger partial charge in [-0.25, -0.2) is 4.99 Å². The van der Waals surface area contributed by atoms with E-state index < -0.39 is 0 Å². The standard InChI is InChI=1S/C31H24N2O4S/c1-3-37-27(34)18-38-31-32-26(30(35)33(31)23-12-14-24(36-2)15-13-23)17-22-10-9-21-8-7-19-5-4-6-20-11-16-25(22)29(21)28(19)20/h4-17H,3,18H2,1-2H3/b26-17-. The van der Waals surface area contributed by atoms with Gasteiger partial charge in [0, 0.05) is 0 Å². The van der Waals surface area contributed by atoms with E-state index in [0.717, 1.165) is 16.3 Å². The largest absolute Gasteiger partial charge is 0.497 e. The van der Waals surface area contributed by atoms with E-state index in [1.54, 1.807) is 38.3 Å². The molecule has 0 aromatic heterocycles. The van der Waals surface area contributed by atoms with E-state index in [1.807, 2.05) is 12.1 Å². The molecule has 1 amide bonds. The van der Waals surface area contributed by atoms with Gasteiger partial charge in [0.15, 0.2) is 5.17 Å². The van der Waals surface area contributed by atoms with Crippen molar-refractivity contribution in [2.75, 3.05) is 24.4 Å². The second-order valence-electron chi connectivity index (χ2n) is 8.87. The van der Waals surface area contributed by atoms with E-state index >= 15 is 0 Å². The van der Waals surface area contributed by atoms with E-state index in [2.05, 4.69) is 53.5 Å². The quantitative estimate of drug-likeness (QED) is 0.143. The number of rotatable bonds is 6. The van der Waals surface area contributed by atoms with Crippen LogP contribution in [0.5, 0.6) is 5.75 Å². The fourth-order valence-electron chi connectivity index (χ4n) is 4.91. The summed E-state index contributed by atoms with van der Waals surface area (Å²) in [7, 11) is 1.59. The number of amides is 1. The number of hydrogen-bond donors (Lipinski definition) is 0. The van der Waals surface area contributed by atoms with Crippen LogP contribution in [0.1, 0.15) is 12.5 Å². The minimum Gasteiger partial charge on any atom is -0.497 e. The molecule has 0 saturated heterocycles. The van der Waals surface area contributed by atoms with Gasteiger partial charge in [0.1, 0.15) is 11.4 Å². The molecule has 1 heterocycles. The van der Waals surface area contributed by atoms with Gasteiger partial charge < -0.3 is 9.47 Å². The van der Waals surface area contributed by atoms with Crippen LogP contribution in [0.2, 0.25) is 0 Å². The van der Waals surface area contributed by atoms with Gasteiger partial charge in [0.2, 0.25) is 0 Å². The first kappa shape index (κ1) is 24.0. The molecule has 0 unspecified atom stereocenters. The van der Waals surface area contributed by atoms with E-state index in [4.69, 9.17) is 9.47 Å². The van der Waals surface area contributed by atoms with Crippen LogP contribution in [0.25, 0.3) is 38.4 Å². The van der Waals surface area contributed by atoms with Crippen LogP contribution in [-0.4, -0.2) is 36.5 Å². The molecule has 0 fully saturated rings. The molecule has 188 valence electrons. The smallest absolute Gasteiger partial charge is 0.316 e. The molecule has 38 heavy (non-hydrogen) atoms. The molecule has 1 aliphatic heterocycles. The third-order valence-electron chi connectivity index (χ3n) is 6.64. The van der Waals surface area contributed by atoms with Crippen molar-refractivity contribution < 1.29 is 19.1 Å². The second kappa shape index (κ2) is 9.84. The van der Waals surface area contributed by atoms with Crippen LogP contribution >= 0.6 is 11.8 Å². The topological polar surface area (TPSA) is 68.2 Å². The van der Waals surface area contributed by atoms with Gasteiger partial charge in [-0.3, -0.25) is 14.5 Å². The lowest BCUT2D eigenvalue weighted by molar-refractivity contribution is -0.139. The highest BCUT2D eigenvalue weighted by Crippen LogP contribution is 2.37. The Morgan fingerprint density at radius 3 is 2.32 bits per heavy atom. The third-order valence-corrected chi connectivity index (χ3v) is 7.55. The first-order chi connectivity index (χ1) is 18.6. The Kier molecular flexibility index (Phi) is 6.21. The molecular weight excluding hydrogens is 496 g/mol. The molecular formula is C31H24N2O4S. The number of aliphatic imine (C=N–C) groups is 1. The van der Waals surface area contributed by atoms with Gasteiger partial charge in [-0.2, -0.15) is 0 Å². The Labute approximate surface area is 223 Å². The van der Waals surface area contributed by atoms with Gasteiger partial charge in [-0.05, 0) is 75.1 Å². The third kappa shape index (κ3) is 4.15. The van der Waals surface area contributed by atoms with Crippen molar-refractivity contribution in [1.29, 1.82) is 0 Å². The maximum Gasteiger partial charge on any atom is 0.316 e. The number of carbonyl (C=O) groups is 2.